The monoisotopic (exact) mass is 943 g/mol. The SMILES string of the molecule is COc1ccc(CS(=O)(=O)[C@@H]2C[C@@H](C(=O)N[C@H](C(=O)C(F)(F)C(=O)NCCN3CCOCC3)C(C)C)N(C(=O)[C@H](Cc3cccc(F)c3)NC(=O)C3(c4ccccc4F)CCCC3)C2)cc1. The minimum absolute atomic E-state index is 0.118. The van der Waals surface area contributed by atoms with Gasteiger partial charge in [-0.05, 0) is 66.6 Å². The molecule has 3 aromatic carbocycles. The molecule has 0 radical (unpaired) electrons. The molecule has 2 heterocycles. The van der Waals surface area contributed by atoms with Gasteiger partial charge in [-0.3, -0.25) is 28.9 Å². The van der Waals surface area contributed by atoms with Crippen LogP contribution in [0.3, 0.4) is 0 Å². The summed E-state index contributed by atoms with van der Waals surface area (Å²) in [6, 6.07) is 12.0. The van der Waals surface area contributed by atoms with Gasteiger partial charge in [0.2, 0.25) is 23.5 Å². The van der Waals surface area contributed by atoms with Crippen molar-refractivity contribution in [3.63, 3.8) is 0 Å². The third kappa shape index (κ3) is 11.6. The summed E-state index contributed by atoms with van der Waals surface area (Å²) in [5, 5.41) is 5.77. The van der Waals surface area contributed by atoms with Gasteiger partial charge in [0.25, 0.3) is 5.91 Å². The van der Waals surface area contributed by atoms with E-state index in [1.165, 1.54) is 69.5 Å². The smallest absolute Gasteiger partial charge is 0.383 e. The molecular formula is C47H57F4N5O9S. The third-order valence-electron chi connectivity index (χ3n) is 12.8. The van der Waals surface area contributed by atoms with Crippen molar-refractivity contribution in [3.8, 4) is 5.75 Å². The number of Topliss-reactive ketones (excluding diaryl/α,β-unsaturated/α-hetero) is 1. The number of alkyl halides is 2. The molecule has 1 aliphatic carbocycles. The van der Waals surface area contributed by atoms with Crippen LogP contribution in [0.4, 0.5) is 17.6 Å². The molecule has 2 saturated heterocycles. The molecule has 2 aliphatic heterocycles. The fraction of sp³-hybridized carbons (Fsp3) is 0.511. The topological polar surface area (TPSA) is 181 Å². The Balaban J connectivity index is 1.31. The molecule has 4 amide bonds. The highest BCUT2D eigenvalue weighted by Crippen LogP contribution is 2.43. The van der Waals surface area contributed by atoms with Crippen molar-refractivity contribution >= 4 is 39.2 Å². The first-order valence-corrected chi connectivity index (χ1v) is 23.8. The Bertz CT molecular complexity index is 2340. The Morgan fingerprint density at radius 1 is 0.909 bits per heavy atom. The second-order valence-electron chi connectivity index (χ2n) is 17.5. The van der Waals surface area contributed by atoms with Gasteiger partial charge in [0, 0.05) is 44.7 Å². The molecule has 0 unspecified atom stereocenters. The summed E-state index contributed by atoms with van der Waals surface area (Å²) >= 11 is 0. The first kappa shape index (κ1) is 50.0. The maximum absolute atomic E-state index is 15.7. The van der Waals surface area contributed by atoms with E-state index in [9.17, 15) is 32.0 Å². The minimum Gasteiger partial charge on any atom is -0.497 e. The quantitative estimate of drug-likeness (QED) is 0.118. The number of hydrogen-bond donors (Lipinski definition) is 3. The number of morpholine rings is 1. The number of ketones is 1. The minimum atomic E-state index is -4.60. The lowest BCUT2D eigenvalue weighted by atomic mass is 9.77. The van der Waals surface area contributed by atoms with Crippen LogP contribution < -0.4 is 20.7 Å². The van der Waals surface area contributed by atoms with Crippen molar-refractivity contribution in [2.24, 2.45) is 5.92 Å². The van der Waals surface area contributed by atoms with E-state index in [0.29, 0.717) is 50.5 Å². The third-order valence-corrected chi connectivity index (χ3v) is 14.8. The number of carbonyl (C=O) groups excluding carboxylic acids is 5. The molecule has 14 nitrogen and oxygen atoms in total. The number of likely N-dealkylation sites (tertiary alicyclic amines) is 1. The van der Waals surface area contributed by atoms with E-state index in [0.717, 1.165) is 11.0 Å². The van der Waals surface area contributed by atoms with Crippen LogP contribution in [0.2, 0.25) is 0 Å². The summed E-state index contributed by atoms with van der Waals surface area (Å²) in [7, 11) is -2.75. The first-order valence-electron chi connectivity index (χ1n) is 22.1. The van der Waals surface area contributed by atoms with E-state index < -0.39 is 110 Å². The number of nitrogens with one attached hydrogen (secondary N) is 3. The number of benzene rings is 3. The van der Waals surface area contributed by atoms with E-state index in [1.807, 2.05) is 4.90 Å². The van der Waals surface area contributed by atoms with Crippen LogP contribution in [0, 0.1) is 17.6 Å². The molecule has 0 aromatic heterocycles. The zero-order chi connectivity index (χ0) is 47.8. The normalized spacial score (nSPS) is 19.8. The van der Waals surface area contributed by atoms with E-state index in [-0.39, 0.29) is 43.5 Å². The van der Waals surface area contributed by atoms with E-state index in [1.54, 1.807) is 18.2 Å². The number of hydrogen-bond acceptors (Lipinski definition) is 10. The molecule has 1 saturated carbocycles. The van der Waals surface area contributed by atoms with Crippen molar-refractivity contribution in [1.29, 1.82) is 0 Å². The Morgan fingerprint density at radius 3 is 2.23 bits per heavy atom. The van der Waals surface area contributed by atoms with Gasteiger partial charge in [-0.15, -0.1) is 0 Å². The molecule has 0 spiro atoms. The average molecular weight is 944 g/mol. The van der Waals surface area contributed by atoms with Gasteiger partial charge < -0.3 is 30.3 Å². The molecule has 4 atom stereocenters. The van der Waals surface area contributed by atoms with Crippen LogP contribution in [0.15, 0.2) is 72.8 Å². The number of carbonyl (C=O) groups is 5. The Morgan fingerprint density at radius 2 is 1.59 bits per heavy atom. The zero-order valence-electron chi connectivity index (χ0n) is 37.2. The van der Waals surface area contributed by atoms with Gasteiger partial charge in [-0.25, -0.2) is 17.2 Å². The number of halogens is 4. The Labute approximate surface area is 382 Å². The summed E-state index contributed by atoms with van der Waals surface area (Å²) in [4.78, 5) is 73.2. The number of sulfone groups is 1. The lowest BCUT2D eigenvalue weighted by molar-refractivity contribution is -0.161. The standard InChI is InChI=1S/C47H57F4N5O9S/c1-30(2)40(41(57)47(50,51)45(61)52-19-20-55-21-23-65-24-22-55)54-42(58)39-27-35(66(62,63)29-31-13-15-34(64-3)16-14-31)28-56(39)43(59)38(26-32-9-8-10-33(48)25-32)53-44(60)46(17-6-7-18-46)36-11-4-5-12-37(36)49/h4-5,8-16,25,30,35,38-40H,6-7,17-24,26-29H2,1-3H3,(H,52,61)(H,53,60)(H,54,58)/t35-,38+,39+,40+/m1/s1. The predicted molar refractivity (Wildman–Crippen MR) is 235 cm³/mol. The maximum Gasteiger partial charge on any atom is 0.383 e. The average Bonchev–Trinajstić information content (AvgIpc) is 3.98. The van der Waals surface area contributed by atoms with Crippen molar-refractivity contribution in [2.75, 3.05) is 53.0 Å². The van der Waals surface area contributed by atoms with Crippen LogP contribution in [0.1, 0.15) is 62.6 Å². The highest BCUT2D eigenvalue weighted by molar-refractivity contribution is 7.91. The molecule has 3 N–H and O–H groups in total. The second kappa shape index (κ2) is 21.5. The summed E-state index contributed by atoms with van der Waals surface area (Å²) in [5.41, 5.74) is -0.668. The van der Waals surface area contributed by atoms with Crippen LogP contribution in [0.5, 0.6) is 5.75 Å². The molecular weight excluding hydrogens is 887 g/mol. The Kier molecular flexibility index (Phi) is 16.3. The van der Waals surface area contributed by atoms with Crippen LogP contribution in [-0.4, -0.2) is 130 Å². The van der Waals surface area contributed by atoms with Crippen LogP contribution in [-0.2, 0) is 56.1 Å². The molecule has 66 heavy (non-hydrogen) atoms. The summed E-state index contributed by atoms with van der Waals surface area (Å²) in [6.07, 6.45) is 0.732. The van der Waals surface area contributed by atoms with Crippen molar-refractivity contribution in [1.82, 2.24) is 25.8 Å². The highest BCUT2D eigenvalue weighted by atomic mass is 32.2. The lowest BCUT2D eigenvalue weighted by Crippen LogP contribution is -2.60. The summed E-state index contributed by atoms with van der Waals surface area (Å²) in [5.74, 6) is -13.6. The summed E-state index contributed by atoms with van der Waals surface area (Å²) < 4.78 is 100. The van der Waals surface area contributed by atoms with Crippen molar-refractivity contribution in [2.45, 2.75) is 92.8 Å². The molecule has 3 fully saturated rings. The van der Waals surface area contributed by atoms with Crippen LogP contribution >= 0.6 is 0 Å². The largest absolute Gasteiger partial charge is 0.497 e. The number of nitrogens with zero attached hydrogens (tertiary/aromatic N) is 2. The van der Waals surface area contributed by atoms with E-state index in [4.69, 9.17) is 9.47 Å². The van der Waals surface area contributed by atoms with Crippen LogP contribution in [0.25, 0.3) is 0 Å². The highest BCUT2D eigenvalue weighted by Gasteiger charge is 2.53. The van der Waals surface area contributed by atoms with Gasteiger partial charge in [-0.1, -0.05) is 69.2 Å². The molecule has 19 heteroatoms. The van der Waals surface area contributed by atoms with Gasteiger partial charge in [0.15, 0.2) is 9.84 Å². The van der Waals surface area contributed by atoms with E-state index in [2.05, 4.69) is 16.0 Å². The number of amides is 4. The van der Waals surface area contributed by atoms with Crippen molar-refractivity contribution < 1.29 is 59.4 Å². The fourth-order valence-electron chi connectivity index (χ4n) is 9.02. The van der Waals surface area contributed by atoms with Crippen molar-refractivity contribution in [3.05, 3.63) is 101 Å². The molecule has 6 rings (SSSR count). The van der Waals surface area contributed by atoms with Gasteiger partial charge >= 0.3 is 5.92 Å². The zero-order valence-corrected chi connectivity index (χ0v) is 38.0. The predicted octanol–water partition coefficient (Wildman–Crippen LogP) is 3.89. The molecule has 3 aliphatic rings. The molecule has 3 aromatic rings. The summed E-state index contributed by atoms with van der Waals surface area (Å²) in [6.45, 7) is 4.12. The lowest BCUT2D eigenvalue weighted by Gasteiger charge is -2.34. The number of rotatable bonds is 19. The maximum atomic E-state index is 15.7. The molecule has 358 valence electrons. The second-order valence-corrected chi connectivity index (χ2v) is 19.8. The van der Waals surface area contributed by atoms with Gasteiger partial charge in [0.1, 0.15) is 29.5 Å². The number of methoxy groups -OCH3 is 1. The fourth-order valence-corrected chi connectivity index (χ4v) is 10.8. The molecule has 0 bridgehead atoms. The Hall–Kier alpha value is -5.40. The first-order chi connectivity index (χ1) is 31.4. The van der Waals surface area contributed by atoms with E-state index >= 15 is 18.0 Å². The van der Waals surface area contributed by atoms with Gasteiger partial charge in [-0.2, -0.15) is 8.78 Å². The van der Waals surface area contributed by atoms with Gasteiger partial charge in [0.05, 0.1) is 42.8 Å². The number of ether oxygens (including phenoxy) is 2.